The first-order valence-corrected chi connectivity index (χ1v) is 10.8. The zero-order chi connectivity index (χ0) is 21.8. The van der Waals surface area contributed by atoms with Crippen molar-refractivity contribution in [1.82, 2.24) is 4.57 Å². The van der Waals surface area contributed by atoms with E-state index in [0.717, 1.165) is 29.0 Å². The summed E-state index contributed by atoms with van der Waals surface area (Å²) in [6, 6.07) is 12.3. The molecule has 0 unspecified atom stereocenters. The summed E-state index contributed by atoms with van der Waals surface area (Å²) < 4.78 is 2.03. The van der Waals surface area contributed by atoms with Crippen molar-refractivity contribution in [3.8, 4) is 11.3 Å². The zero-order valence-electron chi connectivity index (χ0n) is 17.6. The highest BCUT2D eigenvalue weighted by atomic mass is 32.1. The van der Waals surface area contributed by atoms with E-state index in [0.29, 0.717) is 11.3 Å². The van der Waals surface area contributed by atoms with E-state index >= 15 is 0 Å². The van der Waals surface area contributed by atoms with E-state index in [9.17, 15) is 14.9 Å². The summed E-state index contributed by atoms with van der Waals surface area (Å²) >= 11 is 1.48. The fourth-order valence-corrected chi connectivity index (χ4v) is 4.71. The normalized spacial score (nSPS) is 11.7. The molecule has 0 radical (unpaired) electrons. The average Bonchev–Trinajstić information content (AvgIpc) is 3.07. The number of rotatable bonds is 6. The second kappa shape index (κ2) is 9.17. The van der Waals surface area contributed by atoms with Crippen LogP contribution in [0.4, 0.5) is 5.69 Å². The number of benzene rings is 2. The van der Waals surface area contributed by atoms with E-state index in [4.69, 9.17) is 0 Å². The van der Waals surface area contributed by atoms with Crippen molar-refractivity contribution in [3.05, 3.63) is 78.9 Å². The summed E-state index contributed by atoms with van der Waals surface area (Å²) in [5, 5.41) is 11.3. The Labute approximate surface area is 179 Å². The van der Waals surface area contributed by atoms with Crippen molar-refractivity contribution in [2.75, 3.05) is 0 Å². The molecule has 6 nitrogen and oxygen atoms in total. The second-order valence-electron chi connectivity index (χ2n) is 7.14. The number of hydrogen-bond donors (Lipinski definition) is 0. The third-order valence-electron chi connectivity index (χ3n) is 5.08. The second-order valence-corrected chi connectivity index (χ2v) is 8.20. The summed E-state index contributed by atoms with van der Waals surface area (Å²) in [5.74, 6) is -0.597. The Morgan fingerprint density at radius 3 is 2.50 bits per heavy atom. The highest BCUT2D eigenvalue weighted by Gasteiger charge is 2.20. The molecule has 0 atom stereocenters. The molecule has 156 valence electrons. The number of aryl methyl sites for hydroxylation is 3. The number of nitrogens with zero attached hydrogens (tertiary/aromatic N) is 3. The summed E-state index contributed by atoms with van der Waals surface area (Å²) in [6.07, 6.45) is 1.85. The molecule has 0 saturated heterocycles. The van der Waals surface area contributed by atoms with Crippen molar-refractivity contribution in [2.45, 2.75) is 47.1 Å². The maximum atomic E-state index is 12.8. The number of aromatic nitrogens is 1. The third kappa shape index (κ3) is 4.26. The van der Waals surface area contributed by atoms with E-state index in [1.54, 1.807) is 12.1 Å². The SMILES string of the molecule is CCCc1sc(=NC(=O)c2ccccc2[N+](=O)[O-])n(CC)c1-c1ccc(C)c(C)c1. The highest BCUT2D eigenvalue weighted by Crippen LogP contribution is 2.29. The minimum atomic E-state index is -0.597. The third-order valence-corrected chi connectivity index (χ3v) is 6.22. The zero-order valence-corrected chi connectivity index (χ0v) is 18.5. The van der Waals surface area contributed by atoms with Crippen molar-refractivity contribution >= 4 is 22.9 Å². The van der Waals surface area contributed by atoms with Gasteiger partial charge in [-0.1, -0.05) is 37.6 Å². The molecule has 0 N–H and O–H groups in total. The van der Waals surface area contributed by atoms with E-state index < -0.39 is 10.8 Å². The maximum Gasteiger partial charge on any atom is 0.286 e. The minimum absolute atomic E-state index is 0.00308. The van der Waals surface area contributed by atoms with Crippen LogP contribution in [0.3, 0.4) is 0 Å². The van der Waals surface area contributed by atoms with Gasteiger partial charge in [-0.25, -0.2) is 0 Å². The van der Waals surface area contributed by atoms with Crippen molar-refractivity contribution in [3.63, 3.8) is 0 Å². The topological polar surface area (TPSA) is 77.5 Å². The molecule has 3 aromatic rings. The molecule has 2 aromatic carbocycles. The van der Waals surface area contributed by atoms with Crippen LogP contribution in [0.2, 0.25) is 0 Å². The van der Waals surface area contributed by atoms with Crippen LogP contribution in [0.1, 0.15) is 46.6 Å². The molecule has 0 bridgehead atoms. The van der Waals surface area contributed by atoms with Gasteiger partial charge in [-0.2, -0.15) is 4.99 Å². The van der Waals surface area contributed by atoms with Crippen LogP contribution >= 0.6 is 11.3 Å². The van der Waals surface area contributed by atoms with Crippen LogP contribution in [0, 0.1) is 24.0 Å². The number of nitro groups is 1. The van der Waals surface area contributed by atoms with Gasteiger partial charge in [0.05, 0.1) is 10.6 Å². The maximum absolute atomic E-state index is 12.8. The fourth-order valence-electron chi connectivity index (χ4n) is 3.40. The van der Waals surface area contributed by atoms with Crippen LogP contribution in [0.25, 0.3) is 11.3 Å². The number of amides is 1. The Morgan fingerprint density at radius 1 is 1.13 bits per heavy atom. The van der Waals surface area contributed by atoms with Gasteiger partial charge in [0.15, 0.2) is 4.80 Å². The molecule has 1 aromatic heterocycles. The molecule has 30 heavy (non-hydrogen) atoms. The van der Waals surface area contributed by atoms with E-state index in [1.165, 1.54) is 34.6 Å². The lowest BCUT2D eigenvalue weighted by atomic mass is 10.0. The molecular weight excluding hydrogens is 398 g/mol. The number of carbonyl (C=O) groups excluding carboxylic acids is 1. The Morgan fingerprint density at radius 2 is 1.87 bits per heavy atom. The number of hydrogen-bond acceptors (Lipinski definition) is 4. The lowest BCUT2D eigenvalue weighted by Gasteiger charge is -2.11. The molecule has 0 saturated carbocycles. The molecule has 3 rings (SSSR count). The Hall–Kier alpha value is -3.06. The Bertz CT molecular complexity index is 1170. The molecule has 1 heterocycles. The standard InChI is InChI=1S/C23H25N3O3S/c1-5-9-20-21(17-13-12-15(3)16(4)14-17)25(6-2)23(30-20)24-22(27)18-10-7-8-11-19(18)26(28)29/h7-8,10-14H,5-6,9H2,1-4H3. The van der Waals surface area contributed by atoms with Gasteiger partial charge in [-0.15, -0.1) is 11.3 Å². The first-order valence-electron chi connectivity index (χ1n) is 9.99. The first-order chi connectivity index (χ1) is 14.4. The molecule has 0 aliphatic heterocycles. The predicted octanol–water partition coefficient (Wildman–Crippen LogP) is 5.46. The molecular formula is C23H25N3O3S. The quantitative estimate of drug-likeness (QED) is 0.390. The molecule has 0 spiro atoms. The van der Waals surface area contributed by atoms with Crippen molar-refractivity contribution in [1.29, 1.82) is 0 Å². The van der Waals surface area contributed by atoms with Gasteiger partial charge >= 0.3 is 0 Å². The first kappa shape index (κ1) is 21.6. The van der Waals surface area contributed by atoms with Crippen molar-refractivity contribution in [2.24, 2.45) is 4.99 Å². The smallest absolute Gasteiger partial charge is 0.286 e. The van der Waals surface area contributed by atoms with Gasteiger partial charge < -0.3 is 4.57 Å². The highest BCUT2D eigenvalue weighted by molar-refractivity contribution is 7.09. The van der Waals surface area contributed by atoms with E-state index in [1.807, 2.05) is 11.5 Å². The molecule has 0 aliphatic carbocycles. The number of nitro benzene ring substituents is 1. The fraction of sp³-hybridized carbons (Fsp3) is 0.304. The number of para-hydroxylation sites is 1. The number of thiazole rings is 1. The summed E-state index contributed by atoms with van der Waals surface area (Å²) in [7, 11) is 0. The Balaban J connectivity index is 2.20. The molecule has 0 aliphatic rings. The monoisotopic (exact) mass is 423 g/mol. The van der Waals surface area contributed by atoms with Gasteiger partial charge in [0.25, 0.3) is 11.6 Å². The van der Waals surface area contributed by atoms with Gasteiger partial charge in [0, 0.05) is 17.5 Å². The van der Waals surface area contributed by atoms with Gasteiger partial charge in [0.2, 0.25) is 0 Å². The van der Waals surface area contributed by atoms with Crippen LogP contribution in [0.15, 0.2) is 47.5 Å². The summed E-state index contributed by atoms with van der Waals surface area (Å²) in [6.45, 7) is 8.95. The van der Waals surface area contributed by atoms with Crippen molar-refractivity contribution < 1.29 is 9.72 Å². The van der Waals surface area contributed by atoms with Gasteiger partial charge in [-0.05, 0) is 56.0 Å². The number of carbonyl (C=O) groups is 1. The lowest BCUT2D eigenvalue weighted by Crippen LogP contribution is -2.17. The van der Waals surface area contributed by atoms with Crippen LogP contribution in [-0.2, 0) is 13.0 Å². The summed E-state index contributed by atoms with van der Waals surface area (Å²) in [5.41, 5.74) is 4.38. The predicted molar refractivity (Wildman–Crippen MR) is 120 cm³/mol. The van der Waals surface area contributed by atoms with Crippen LogP contribution in [-0.4, -0.2) is 15.4 Å². The van der Waals surface area contributed by atoms with E-state index in [2.05, 4.69) is 44.0 Å². The average molecular weight is 424 g/mol. The Kier molecular flexibility index (Phi) is 6.62. The van der Waals surface area contributed by atoms with Crippen LogP contribution < -0.4 is 4.80 Å². The summed E-state index contributed by atoms with van der Waals surface area (Å²) in [4.78, 5) is 29.6. The lowest BCUT2D eigenvalue weighted by molar-refractivity contribution is -0.385. The van der Waals surface area contributed by atoms with E-state index in [-0.39, 0.29) is 11.3 Å². The molecule has 0 fully saturated rings. The molecule has 7 heteroatoms. The molecule has 1 amide bonds. The van der Waals surface area contributed by atoms with Crippen LogP contribution in [0.5, 0.6) is 0 Å². The minimum Gasteiger partial charge on any atom is -0.316 e. The van der Waals surface area contributed by atoms with Gasteiger partial charge in [0.1, 0.15) is 5.56 Å². The van der Waals surface area contributed by atoms with Gasteiger partial charge in [-0.3, -0.25) is 14.9 Å². The largest absolute Gasteiger partial charge is 0.316 e.